The summed E-state index contributed by atoms with van der Waals surface area (Å²) < 4.78 is 56.0. The van der Waals surface area contributed by atoms with E-state index in [9.17, 15) is 22.4 Å². The normalized spacial score (nSPS) is 27.4. The predicted octanol–water partition coefficient (Wildman–Crippen LogP) is 2.57. The van der Waals surface area contributed by atoms with Crippen LogP contribution in [0, 0.1) is 17.8 Å². The number of carbonyl (C=O) groups excluding carboxylic acids is 1. The predicted molar refractivity (Wildman–Crippen MR) is 99.7 cm³/mol. The molecular formula is C20H26F4N2O5. The number of likely N-dealkylation sites (tertiary alicyclic amines) is 2. The lowest BCUT2D eigenvalue weighted by atomic mass is 9.81. The molecule has 4 rings (SSSR count). The molecule has 3 aliphatic rings. The van der Waals surface area contributed by atoms with Crippen LogP contribution in [0.2, 0.25) is 0 Å². The summed E-state index contributed by atoms with van der Waals surface area (Å²) in [5.74, 6) is -1.90. The van der Waals surface area contributed by atoms with Gasteiger partial charge in [-0.05, 0) is 30.7 Å². The number of carbonyl (C=O) groups is 2. The van der Waals surface area contributed by atoms with Gasteiger partial charge in [0.25, 0.3) is 0 Å². The van der Waals surface area contributed by atoms with Crippen LogP contribution >= 0.6 is 0 Å². The lowest BCUT2D eigenvalue weighted by Crippen LogP contribution is -2.48. The Balaban J connectivity index is 0.000000339. The molecule has 1 amide bonds. The summed E-state index contributed by atoms with van der Waals surface area (Å²) in [7, 11) is 0. The van der Waals surface area contributed by atoms with Crippen LogP contribution in [0.5, 0.6) is 0 Å². The van der Waals surface area contributed by atoms with Crippen molar-refractivity contribution in [3.05, 3.63) is 24.2 Å². The molecule has 3 fully saturated rings. The maximum Gasteiger partial charge on any atom is 0.490 e. The fraction of sp³-hybridized carbons (Fsp3) is 0.700. The van der Waals surface area contributed by atoms with Crippen molar-refractivity contribution in [1.82, 2.24) is 9.80 Å². The van der Waals surface area contributed by atoms with Crippen LogP contribution in [0.1, 0.15) is 18.4 Å². The van der Waals surface area contributed by atoms with Gasteiger partial charge in [0.15, 0.2) is 0 Å². The SMILES string of the molecule is O=C(O)C(F)(F)F.O=C([C@H]1COC[C@H]2CN(Cc3ccoc3)C[C@H]21)N1CCC(F)CC1. The van der Waals surface area contributed by atoms with Crippen molar-refractivity contribution in [3.8, 4) is 0 Å². The highest BCUT2D eigenvalue weighted by molar-refractivity contribution is 5.79. The van der Waals surface area contributed by atoms with Gasteiger partial charge in [-0.2, -0.15) is 13.2 Å². The molecule has 0 radical (unpaired) electrons. The molecule has 174 valence electrons. The Morgan fingerprint density at radius 1 is 1.16 bits per heavy atom. The topological polar surface area (TPSA) is 83.2 Å². The number of fused-ring (bicyclic) bond motifs is 1. The van der Waals surface area contributed by atoms with E-state index >= 15 is 0 Å². The maximum absolute atomic E-state index is 13.3. The first-order valence-electron chi connectivity index (χ1n) is 10.2. The third-order valence-electron chi connectivity index (χ3n) is 6.00. The van der Waals surface area contributed by atoms with Crippen molar-refractivity contribution in [1.29, 1.82) is 0 Å². The van der Waals surface area contributed by atoms with E-state index in [1.807, 2.05) is 11.0 Å². The minimum absolute atomic E-state index is 0.0748. The molecule has 3 saturated heterocycles. The quantitative estimate of drug-likeness (QED) is 0.713. The van der Waals surface area contributed by atoms with Gasteiger partial charge < -0.3 is 19.2 Å². The number of amides is 1. The van der Waals surface area contributed by atoms with Crippen molar-refractivity contribution in [2.24, 2.45) is 17.8 Å². The molecule has 3 atom stereocenters. The van der Waals surface area contributed by atoms with Gasteiger partial charge in [-0.25, -0.2) is 9.18 Å². The molecule has 7 nitrogen and oxygen atoms in total. The molecule has 0 aromatic carbocycles. The Bertz CT molecular complexity index is 734. The standard InChI is InChI=1S/C18H25FN2O3.C2HF3O2/c19-15-1-4-21(5-2-15)18(22)17-12-24-11-14-8-20(9-16(14)17)7-13-3-6-23-10-13;3-2(4,5)1(6)7/h3,6,10,14-17H,1-2,4-5,7-9,11-12H2;(H,6,7)/t14-,16-,17+;/m1./s1. The number of hydrogen-bond donors (Lipinski definition) is 1. The summed E-state index contributed by atoms with van der Waals surface area (Å²) >= 11 is 0. The average Bonchev–Trinajstić information content (AvgIpc) is 3.37. The van der Waals surface area contributed by atoms with Gasteiger partial charge in [0.1, 0.15) is 6.17 Å². The van der Waals surface area contributed by atoms with Crippen molar-refractivity contribution < 1.29 is 41.4 Å². The van der Waals surface area contributed by atoms with Crippen LogP contribution in [0.15, 0.2) is 23.0 Å². The molecule has 0 bridgehead atoms. The Labute approximate surface area is 176 Å². The van der Waals surface area contributed by atoms with E-state index in [1.54, 1.807) is 12.5 Å². The summed E-state index contributed by atoms with van der Waals surface area (Å²) in [5, 5.41) is 7.12. The van der Waals surface area contributed by atoms with Gasteiger partial charge in [0.05, 0.1) is 31.7 Å². The fourth-order valence-corrected chi connectivity index (χ4v) is 4.42. The van der Waals surface area contributed by atoms with Gasteiger partial charge in [-0.3, -0.25) is 9.69 Å². The van der Waals surface area contributed by atoms with Crippen LogP contribution in [0.25, 0.3) is 0 Å². The number of carboxylic acids is 1. The molecule has 4 heterocycles. The number of halogens is 4. The monoisotopic (exact) mass is 450 g/mol. The van der Waals surface area contributed by atoms with Crippen LogP contribution in [-0.4, -0.2) is 78.5 Å². The second-order valence-electron chi connectivity index (χ2n) is 8.20. The first-order valence-corrected chi connectivity index (χ1v) is 10.2. The molecule has 3 aliphatic heterocycles. The average molecular weight is 450 g/mol. The number of alkyl halides is 4. The third-order valence-corrected chi connectivity index (χ3v) is 6.00. The van der Waals surface area contributed by atoms with Gasteiger partial charge in [-0.1, -0.05) is 0 Å². The van der Waals surface area contributed by atoms with Crippen LogP contribution < -0.4 is 0 Å². The summed E-state index contributed by atoms with van der Waals surface area (Å²) in [5.41, 5.74) is 1.17. The molecule has 0 saturated carbocycles. The highest BCUT2D eigenvalue weighted by atomic mass is 19.4. The molecule has 0 unspecified atom stereocenters. The zero-order valence-corrected chi connectivity index (χ0v) is 16.9. The number of ether oxygens (including phenoxy) is 1. The van der Waals surface area contributed by atoms with Crippen LogP contribution in [0.4, 0.5) is 17.6 Å². The maximum atomic E-state index is 13.3. The van der Waals surface area contributed by atoms with Crippen LogP contribution in [0.3, 0.4) is 0 Å². The number of carboxylic acid groups (broad SMARTS) is 1. The number of rotatable bonds is 3. The molecule has 1 N–H and O–H groups in total. The number of aliphatic carboxylic acids is 1. The van der Waals surface area contributed by atoms with Crippen molar-refractivity contribution in [2.45, 2.75) is 31.7 Å². The van der Waals surface area contributed by atoms with Gasteiger partial charge in [0, 0.05) is 38.3 Å². The molecular weight excluding hydrogens is 424 g/mol. The second kappa shape index (κ2) is 9.99. The second-order valence-corrected chi connectivity index (χ2v) is 8.20. The summed E-state index contributed by atoms with van der Waals surface area (Å²) in [6, 6.07) is 1.99. The molecule has 1 aromatic rings. The van der Waals surface area contributed by atoms with E-state index in [2.05, 4.69) is 4.90 Å². The zero-order valence-electron chi connectivity index (χ0n) is 16.9. The van der Waals surface area contributed by atoms with Gasteiger partial charge in [0.2, 0.25) is 5.91 Å². The summed E-state index contributed by atoms with van der Waals surface area (Å²) in [6.45, 7) is 5.09. The smallest absolute Gasteiger partial charge is 0.475 e. The van der Waals surface area contributed by atoms with E-state index in [1.165, 1.54) is 5.56 Å². The van der Waals surface area contributed by atoms with E-state index in [4.69, 9.17) is 19.1 Å². The van der Waals surface area contributed by atoms with Gasteiger partial charge in [-0.15, -0.1) is 0 Å². The highest BCUT2D eigenvalue weighted by Gasteiger charge is 2.45. The number of hydrogen-bond acceptors (Lipinski definition) is 5. The van der Waals surface area contributed by atoms with E-state index < -0.39 is 18.3 Å². The lowest BCUT2D eigenvalue weighted by Gasteiger charge is -2.37. The Morgan fingerprint density at radius 2 is 1.84 bits per heavy atom. The Hall–Kier alpha value is -2.14. The summed E-state index contributed by atoms with van der Waals surface area (Å²) in [6.07, 6.45) is -1.41. The van der Waals surface area contributed by atoms with Gasteiger partial charge >= 0.3 is 12.1 Å². The number of piperidine rings is 1. The lowest BCUT2D eigenvalue weighted by molar-refractivity contribution is -0.192. The zero-order chi connectivity index (χ0) is 22.6. The molecule has 0 aliphatic carbocycles. The largest absolute Gasteiger partial charge is 0.490 e. The first kappa shape index (κ1) is 23.5. The molecule has 31 heavy (non-hydrogen) atoms. The van der Waals surface area contributed by atoms with Crippen LogP contribution in [-0.2, 0) is 20.9 Å². The minimum Gasteiger partial charge on any atom is -0.475 e. The number of furan rings is 1. The van der Waals surface area contributed by atoms with Crippen molar-refractivity contribution >= 4 is 11.9 Å². The fourth-order valence-electron chi connectivity index (χ4n) is 4.42. The van der Waals surface area contributed by atoms with Crippen molar-refractivity contribution in [2.75, 3.05) is 39.4 Å². The van der Waals surface area contributed by atoms with E-state index in [0.29, 0.717) is 44.4 Å². The molecule has 1 aromatic heterocycles. The molecule has 0 spiro atoms. The third kappa shape index (κ3) is 6.19. The first-order chi connectivity index (χ1) is 14.6. The Kier molecular flexibility index (Phi) is 7.58. The summed E-state index contributed by atoms with van der Waals surface area (Å²) in [4.78, 5) is 26.1. The molecule has 11 heteroatoms. The minimum atomic E-state index is -5.08. The van der Waals surface area contributed by atoms with Crippen molar-refractivity contribution in [3.63, 3.8) is 0 Å². The van der Waals surface area contributed by atoms with E-state index in [0.717, 1.165) is 26.2 Å². The highest BCUT2D eigenvalue weighted by Crippen LogP contribution is 2.36. The van der Waals surface area contributed by atoms with E-state index in [-0.39, 0.29) is 11.8 Å². The number of nitrogens with zero attached hydrogens (tertiary/aromatic N) is 2. The Morgan fingerprint density at radius 3 is 2.42 bits per heavy atom.